The number of rotatable bonds is 2. The van der Waals surface area contributed by atoms with Crippen LogP contribution in [-0.4, -0.2) is 38.7 Å². The number of hydrogen-bond donors (Lipinski definition) is 0. The zero-order chi connectivity index (χ0) is 14.8. The van der Waals surface area contributed by atoms with E-state index in [4.69, 9.17) is 0 Å². The molecule has 1 aliphatic heterocycles. The van der Waals surface area contributed by atoms with E-state index in [1.807, 2.05) is 28.9 Å². The Morgan fingerprint density at radius 3 is 2.62 bits per heavy atom. The number of amides is 1. The van der Waals surface area contributed by atoms with Crippen LogP contribution in [0.5, 0.6) is 0 Å². The van der Waals surface area contributed by atoms with E-state index in [9.17, 15) is 4.79 Å². The first-order chi connectivity index (χ1) is 10.1. The van der Waals surface area contributed by atoms with Crippen molar-refractivity contribution in [3.8, 4) is 0 Å². The topological polar surface area (TPSA) is 51.0 Å². The van der Waals surface area contributed by atoms with Crippen LogP contribution in [0.2, 0.25) is 0 Å². The molecule has 2 aromatic rings. The van der Waals surface area contributed by atoms with Crippen molar-refractivity contribution in [2.45, 2.75) is 18.8 Å². The molecule has 21 heavy (non-hydrogen) atoms. The molecule has 0 bridgehead atoms. The second-order valence-corrected chi connectivity index (χ2v) is 6.29. The van der Waals surface area contributed by atoms with Crippen LogP contribution in [-0.2, 0) is 7.05 Å². The highest BCUT2D eigenvalue weighted by molar-refractivity contribution is 9.10. The van der Waals surface area contributed by atoms with Gasteiger partial charge in [0.1, 0.15) is 5.69 Å². The lowest BCUT2D eigenvalue weighted by molar-refractivity contribution is 0.0707. The molecule has 0 N–H and O–H groups in total. The Hall–Kier alpha value is -1.69. The second-order valence-electron chi connectivity index (χ2n) is 5.38. The van der Waals surface area contributed by atoms with Crippen molar-refractivity contribution in [2.24, 2.45) is 7.05 Å². The molecule has 110 valence electrons. The summed E-state index contributed by atoms with van der Waals surface area (Å²) in [6, 6.07) is 3.61. The zero-order valence-corrected chi connectivity index (χ0v) is 13.5. The lowest BCUT2D eigenvalue weighted by Crippen LogP contribution is -2.38. The Kier molecular flexibility index (Phi) is 4.05. The third-order valence-corrected chi connectivity index (χ3v) is 4.39. The lowest BCUT2D eigenvalue weighted by atomic mass is 9.91. The van der Waals surface area contributed by atoms with E-state index in [2.05, 4.69) is 32.2 Å². The maximum absolute atomic E-state index is 12.4. The maximum atomic E-state index is 12.4. The van der Waals surface area contributed by atoms with Gasteiger partial charge in [0.15, 0.2) is 0 Å². The normalized spacial score (nSPS) is 16.2. The summed E-state index contributed by atoms with van der Waals surface area (Å²) in [4.78, 5) is 18.5. The molecule has 3 heterocycles. The number of halogens is 1. The van der Waals surface area contributed by atoms with Gasteiger partial charge in [0.05, 0.1) is 6.20 Å². The molecule has 0 aromatic carbocycles. The fourth-order valence-electron chi connectivity index (χ4n) is 2.73. The number of carbonyl (C=O) groups excluding carboxylic acids is 1. The van der Waals surface area contributed by atoms with Crippen molar-refractivity contribution < 1.29 is 4.79 Å². The predicted molar refractivity (Wildman–Crippen MR) is 83.0 cm³/mol. The van der Waals surface area contributed by atoms with Crippen LogP contribution in [0, 0.1) is 0 Å². The van der Waals surface area contributed by atoms with Crippen LogP contribution in [0.3, 0.4) is 0 Å². The van der Waals surface area contributed by atoms with Crippen molar-refractivity contribution in [1.82, 2.24) is 19.7 Å². The first kappa shape index (κ1) is 14.3. The lowest BCUT2D eigenvalue weighted by Gasteiger charge is -2.31. The van der Waals surface area contributed by atoms with Crippen molar-refractivity contribution in [3.05, 3.63) is 46.5 Å². The molecule has 1 aliphatic rings. The van der Waals surface area contributed by atoms with E-state index in [0.29, 0.717) is 11.6 Å². The van der Waals surface area contributed by atoms with Crippen molar-refractivity contribution in [2.75, 3.05) is 13.1 Å². The minimum absolute atomic E-state index is 0.0205. The quantitative estimate of drug-likeness (QED) is 0.838. The summed E-state index contributed by atoms with van der Waals surface area (Å²) in [5.41, 5.74) is 1.78. The highest BCUT2D eigenvalue weighted by atomic mass is 79.9. The maximum Gasteiger partial charge on any atom is 0.272 e. The average molecular weight is 349 g/mol. The molecule has 0 radical (unpaired) electrons. The fourth-order valence-corrected chi connectivity index (χ4v) is 2.97. The molecule has 1 amide bonds. The van der Waals surface area contributed by atoms with E-state index >= 15 is 0 Å². The first-order valence-corrected chi connectivity index (χ1v) is 7.82. The summed E-state index contributed by atoms with van der Waals surface area (Å²) in [6.07, 6.45) is 7.62. The van der Waals surface area contributed by atoms with E-state index in [0.717, 1.165) is 30.4 Å². The summed E-state index contributed by atoms with van der Waals surface area (Å²) in [6.45, 7) is 1.55. The Morgan fingerprint density at radius 2 is 2.05 bits per heavy atom. The molecule has 0 atom stereocenters. The van der Waals surface area contributed by atoms with Gasteiger partial charge in [0, 0.05) is 37.0 Å². The van der Waals surface area contributed by atoms with E-state index in [1.54, 1.807) is 12.3 Å². The molecule has 0 unspecified atom stereocenters. The number of piperidine rings is 1. The molecule has 1 fully saturated rings. The van der Waals surface area contributed by atoms with Crippen molar-refractivity contribution in [3.63, 3.8) is 0 Å². The van der Waals surface area contributed by atoms with Gasteiger partial charge >= 0.3 is 0 Å². The Labute approximate surface area is 132 Å². The number of pyridine rings is 1. The minimum atomic E-state index is 0.0205. The molecular weight excluding hydrogens is 332 g/mol. The standard InChI is InChI=1S/C15H17BrN4O/c1-19-10-12(8-18-19)11-4-6-20(7-5-11)15(21)14-3-2-13(16)9-17-14/h2-3,8-11H,4-7H2,1H3. The molecule has 2 aromatic heterocycles. The van der Waals surface area contributed by atoms with Gasteiger partial charge < -0.3 is 4.90 Å². The van der Waals surface area contributed by atoms with Gasteiger partial charge in [-0.15, -0.1) is 0 Å². The van der Waals surface area contributed by atoms with Crippen LogP contribution >= 0.6 is 15.9 Å². The number of hydrogen-bond acceptors (Lipinski definition) is 3. The number of nitrogens with zero attached hydrogens (tertiary/aromatic N) is 4. The molecule has 1 saturated heterocycles. The molecule has 3 rings (SSSR count). The smallest absolute Gasteiger partial charge is 0.272 e. The van der Waals surface area contributed by atoms with Crippen LogP contribution < -0.4 is 0 Å². The third kappa shape index (κ3) is 3.15. The Bertz CT molecular complexity index is 629. The zero-order valence-electron chi connectivity index (χ0n) is 11.9. The van der Waals surface area contributed by atoms with Crippen molar-refractivity contribution in [1.29, 1.82) is 0 Å². The summed E-state index contributed by atoms with van der Waals surface area (Å²) < 4.78 is 2.72. The van der Waals surface area contributed by atoms with Gasteiger partial charge in [-0.2, -0.15) is 5.10 Å². The Balaban J connectivity index is 1.63. The van der Waals surface area contributed by atoms with E-state index in [-0.39, 0.29) is 5.91 Å². The molecule has 0 saturated carbocycles. The SMILES string of the molecule is Cn1cc(C2CCN(C(=O)c3ccc(Br)cn3)CC2)cn1. The molecule has 0 aliphatic carbocycles. The van der Waals surface area contributed by atoms with Gasteiger partial charge in [-0.25, -0.2) is 4.98 Å². The summed E-state index contributed by atoms with van der Waals surface area (Å²) in [5, 5.41) is 4.22. The average Bonchev–Trinajstić information content (AvgIpc) is 2.94. The van der Waals surface area contributed by atoms with Crippen LogP contribution in [0.25, 0.3) is 0 Å². The first-order valence-electron chi connectivity index (χ1n) is 7.03. The van der Waals surface area contributed by atoms with E-state index in [1.165, 1.54) is 5.56 Å². The molecular formula is C15H17BrN4O. The predicted octanol–water partition coefficient (Wildman–Crippen LogP) is 2.60. The minimum Gasteiger partial charge on any atom is -0.337 e. The number of aromatic nitrogens is 3. The van der Waals surface area contributed by atoms with Gasteiger partial charge in [-0.3, -0.25) is 9.48 Å². The van der Waals surface area contributed by atoms with Crippen LogP contribution in [0.4, 0.5) is 0 Å². The summed E-state index contributed by atoms with van der Waals surface area (Å²) in [5.74, 6) is 0.521. The van der Waals surface area contributed by atoms with Crippen LogP contribution in [0.1, 0.15) is 34.8 Å². The van der Waals surface area contributed by atoms with Gasteiger partial charge in [0.2, 0.25) is 0 Å². The summed E-state index contributed by atoms with van der Waals surface area (Å²) in [7, 11) is 1.93. The Morgan fingerprint density at radius 1 is 1.29 bits per heavy atom. The number of carbonyl (C=O) groups is 1. The number of aryl methyl sites for hydroxylation is 1. The van der Waals surface area contributed by atoms with Gasteiger partial charge in [-0.05, 0) is 52.4 Å². The van der Waals surface area contributed by atoms with Gasteiger partial charge in [-0.1, -0.05) is 0 Å². The monoisotopic (exact) mass is 348 g/mol. The molecule has 0 spiro atoms. The van der Waals surface area contributed by atoms with Crippen LogP contribution in [0.15, 0.2) is 35.2 Å². The second kappa shape index (κ2) is 5.97. The van der Waals surface area contributed by atoms with Crippen molar-refractivity contribution >= 4 is 21.8 Å². The molecule has 5 nitrogen and oxygen atoms in total. The van der Waals surface area contributed by atoms with E-state index < -0.39 is 0 Å². The summed E-state index contributed by atoms with van der Waals surface area (Å²) >= 11 is 3.33. The molecule has 6 heteroatoms. The largest absolute Gasteiger partial charge is 0.337 e. The third-order valence-electron chi connectivity index (χ3n) is 3.92. The fraction of sp³-hybridized carbons (Fsp3) is 0.400. The highest BCUT2D eigenvalue weighted by Gasteiger charge is 2.25. The highest BCUT2D eigenvalue weighted by Crippen LogP contribution is 2.28. The van der Waals surface area contributed by atoms with Gasteiger partial charge in [0.25, 0.3) is 5.91 Å². The number of likely N-dealkylation sites (tertiary alicyclic amines) is 1.